The highest BCUT2D eigenvalue weighted by molar-refractivity contribution is 6.04. The third-order valence-corrected chi connectivity index (χ3v) is 6.39. The molecule has 1 N–H and O–H groups in total. The van der Waals surface area contributed by atoms with E-state index in [1.165, 1.54) is 34.7 Å². The molecular formula is C31H34O3. The summed E-state index contributed by atoms with van der Waals surface area (Å²) in [6, 6.07) is 19.9. The number of phenolic OH excluding ortho intramolecular Hbond substituents is 1. The fourth-order valence-corrected chi connectivity index (χ4v) is 4.35. The number of phenols is 1. The van der Waals surface area contributed by atoms with Crippen LogP contribution in [0, 0.1) is 0 Å². The van der Waals surface area contributed by atoms with Crippen molar-refractivity contribution in [3.8, 4) is 5.75 Å². The summed E-state index contributed by atoms with van der Waals surface area (Å²) in [7, 11) is 0. The molecule has 0 unspecified atom stereocenters. The Labute approximate surface area is 203 Å². The van der Waals surface area contributed by atoms with Crippen molar-refractivity contribution in [2.24, 2.45) is 0 Å². The molecule has 3 aromatic rings. The maximum absolute atomic E-state index is 11.3. The molecule has 3 nitrogen and oxygen atoms in total. The molecule has 0 radical (unpaired) electrons. The number of carbonyl (C=O) groups excluding carboxylic acids is 1. The van der Waals surface area contributed by atoms with Gasteiger partial charge in [0.05, 0.1) is 0 Å². The highest BCUT2D eigenvalue weighted by atomic mass is 16.6. The van der Waals surface area contributed by atoms with Gasteiger partial charge in [-0.2, -0.15) is 0 Å². The van der Waals surface area contributed by atoms with Crippen molar-refractivity contribution in [2.45, 2.75) is 51.6 Å². The van der Waals surface area contributed by atoms with E-state index in [1.54, 1.807) is 25.1 Å². The second-order valence-corrected chi connectivity index (χ2v) is 8.80. The van der Waals surface area contributed by atoms with Crippen molar-refractivity contribution in [1.82, 2.24) is 0 Å². The second kappa shape index (κ2) is 11.5. The number of carbonyl (C=O) groups is 1. The minimum atomic E-state index is -0.233. The SMILES string of the molecule is C1=Cc2cccc3cccc1c23.C=C(C)C(=O)OC1(CC)CCCC1.C=Cc1ccccc1O. The van der Waals surface area contributed by atoms with Gasteiger partial charge in [0.15, 0.2) is 0 Å². The molecule has 0 aliphatic heterocycles. The largest absolute Gasteiger partial charge is 0.507 e. The Kier molecular flexibility index (Phi) is 8.48. The molecule has 0 bridgehead atoms. The van der Waals surface area contributed by atoms with E-state index in [1.807, 2.05) is 12.1 Å². The van der Waals surface area contributed by atoms with Crippen LogP contribution in [0.1, 0.15) is 62.6 Å². The Morgan fingerprint density at radius 2 is 1.59 bits per heavy atom. The summed E-state index contributed by atoms with van der Waals surface area (Å²) >= 11 is 0. The van der Waals surface area contributed by atoms with Crippen LogP contribution in [0.15, 0.2) is 79.4 Å². The molecule has 0 amide bonds. The van der Waals surface area contributed by atoms with Gasteiger partial charge in [-0.15, -0.1) is 0 Å². The van der Waals surface area contributed by atoms with E-state index in [0.717, 1.165) is 24.8 Å². The van der Waals surface area contributed by atoms with E-state index in [9.17, 15) is 4.79 Å². The molecule has 0 saturated heterocycles. The maximum Gasteiger partial charge on any atom is 0.333 e. The Balaban J connectivity index is 0.000000145. The predicted molar refractivity (Wildman–Crippen MR) is 143 cm³/mol. The van der Waals surface area contributed by atoms with Crippen molar-refractivity contribution < 1.29 is 14.6 Å². The van der Waals surface area contributed by atoms with Crippen LogP contribution in [0.5, 0.6) is 5.75 Å². The first kappa shape index (κ1) is 25.0. The second-order valence-electron chi connectivity index (χ2n) is 8.80. The zero-order chi connectivity index (χ0) is 24.6. The third-order valence-electron chi connectivity index (χ3n) is 6.39. The van der Waals surface area contributed by atoms with E-state index in [4.69, 9.17) is 9.84 Å². The lowest BCUT2D eigenvalue weighted by Crippen LogP contribution is -2.31. The number of hydrogen-bond acceptors (Lipinski definition) is 3. The summed E-state index contributed by atoms with van der Waals surface area (Å²) in [4.78, 5) is 11.3. The molecule has 0 spiro atoms. The molecule has 0 aromatic heterocycles. The van der Waals surface area contributed by atoms with Crippen molar-refractivity contribution >= 4 is 35.0 Å². The number of aromatic hydroxyl groups is 1. The molecule has 1 saturated carbocycles. The first-order valence-corrected chi connectivity index (χ1v) is 11.9. The number of hydrogen-bond donors (Lipinski definition) is 1. The van der Waals surface area contributed by atoms with Crippen molar-refractivity contribution in [3.05, 3.63) is 96.1 Å². The summed E-state index contributed by atoms with van der Waals surface area (Å²) in [6.07, 6.45) is 11.3. The smallest absolute Gasteiger partial charge is 0.333 e. The quantitative estimate of drug-likeness (QED) is 0.250. The van der Waals surface area contributed by atoms with Crippen LogP contribution in [0.4, 0.5) is 0 Å². The topological polar surface area (TPSA) is 46.5 Å². The molecule has 176 valence electrons. The van der Waals surface area contributed by atoms with Gasteiger partial charge in [0, 0.05) is 11.1 Å². The molecule has 3 heteroatoms. The van der Waals surface area contributed by atoms with E-state index < -0.39 is 0 Å². The van der Waals surface area contributed by atoms with Gasteiger partial charge in [-0.25, -0.2) is 4.79 Å². The fourth-order valence-electron chi connectivity index (χ4n) is 4.35. The van der Waals surface area contributed by atoms with Gasteiger partial charge in [0.25, 0.3) is 0 Å². The molecule has 34 heavy (non-hydrogen) atoms. The van der Waals surface area contributed by atoms with Crippen molar-refractivity contribution in [2.75, 3.05) is 0 Å². The Bertz CT molecular complexity index is 1160. The van der Waals surface area contributed by atoms with Crippen LogP contribution < -0.4 is 0 Å². The van der Waals surface area contributed by atoms with Crippen LogP contribution in [0.25, 0.3) is 29.0 Å². The zero-order valence-electron chi connectivity index (χ0n) is 20.2. The molecule has 5 rings (SSSR count). The van der Waals surface area contributed by atoms with E-state index in [-0.39, 0.29) is 17.3 Å². The Hall–Kier alpha value is -3.59. The summed E-state index contributed by atoms with van der Waals surface area (Å²) in [5, 5.41) is 11.8. The van der Waals surface area contributed by atoms with Crippen LogP contribution >= 0.6 is 0 Å². The molecule has 0 heterocycles. The van der Waals surface area contributed by atoms with Crippen LogP contribution in [-0.2, 0) is 9.53 Å². The van der Waals surface area contributed by atoms with Crippen molar-refractivity contribution in [1.29, 1.82) is 0 Å². The number of para-hydroxylation sites is 1. The molecule has 0 atom stereocenters. The van der Waals surface area contributed by atoms with Crippen LogP contribution in [-0.4, -0.2) is 16.7 Å². The predicted octanol–water partition coefficient (Wildman–Crippen LogP) is 8.19. The van der Waals surface area contributed by atoms with Crippen LogP contribution in [0.2, 0.25) is 0 Å². The highest BCUT2D eigenvalue weighted by Gasteiger charge is 2.35. The van der Waals surface area contributed by atoms with Gasteiger partial charge in [-0.1, -0.05) is 92.9 Å². The van der Waals surface area contributed by atoms with Gasteiger partial charge >= 0.3 is 5.97 Å². The zero-order valence-corrected chi connectivity index (χ0v) is 20.2. The lowest BCUT2D eigenvalue weighted by Gasteiger charge is -2.27. The summed E-state index contributed by atoms with van der Waals surface area (Å²) in [5.74, 6) is 0.0521. The van der Waals surface area contributed by atoms with Gasteiger partial charge in [-0.05, 0) is 67.0 Å². The summed E-state index contributed by atoms with van der Waals surface area (Å²) < 4.78 is 5.47. The minimum absolute atomic E-state index is 0.171. The fraction of sp³-hybridized carbons (Fsp3) is 0.258. The Morgan fingerprint density at radius 1 is 1.00 bits per heavy atom. The van der Waals surface area contributed by atoms with Crippen LogP contribution in [0.3, 0.4) is 0 Å². The summed E-state index contributed by atoms with van der Waals surface area (Å²) in [6.45, 7) is 10.9. The Morgan fingerprint density at radius 3 is 2.06 bits per heavy atom. The van der Waals surface area contributed by atoms with E-state index >= 15 is 0 Å². The van der Waals surface area contributed by atoms with Gasteiger partial charge < -0.3 is 9.84 Å². The first-order valence-electron chi connectivity index (χ1n) is 11.9. The summed E-state index contributed by atoms with van der Waals surface area (Å²) in [5.41, 5.74) is 3.80. The number of rotatable bonds is 4. The first-order chi connectivity index (χ1) is 16.4. The van der Waals surface area contributed by atoms with E-state index in [0.29, 0.717) is 5.57 Å². The average Bonchev–Trinajstić information content (AvgIpc) is 3.50. The molecular weight excluding hydrogens is 420 g/mol. The standard InChI is InChI=1S/C12H8.C11H18O2.C8H8O/c1-3-9-4-2-6-11-8-7-10(5-1)12(9)11;1-4-11(7-5-6-8-11)13-10(12)9(2)3;1-2-7-5-3-4-6-8(7)9/h1-8H;2,4-8H2,1,3H3;2-6,9H,1H2. The minimum Gasteiger partial charge on any atom is -0.507 e. The number of esters is 1. The molecule has 2 aliphatic carbocycles. The molecule has 1 fully saturated rings. The number of ether oxygens (including phenoxy) is 1. The van der Waals surface area contributed by atoms with Gasteiger partial charge in [0.1, 0.15) is 11.4 Å². The average molecular weight is 455 g/mol. The number of benzene rings is 3. The highest BCUT2D eigenvalue weighted by Crippen LogP contribution is 2.36. The third kappa shape index (κ3) is 6.05. The van der Waals surface area contributed by atoms with Gasteiger partial charge in [-0.3, -0.25) is 0 Å². The lowest BCUT2D eigenvalue weighted by atomic mass is 9.99. The molecule has 2 aliphatic rings. The maximum atomic E-state index is 11.3. The lowest BCUT2D eigenvalue weighted by molar-refractivity contribution is -0.154. The van der Waals surface area contributed by atoms with Crippen molar-refractivity contribution in [3.63, 3.8) is 0 Å². The van der Waals surface area contributed by atoms with Gasteiger partial charge in [0.2, 0.25) is 0 Å². The normalized spacial score (nSPS) is 14.4. The van der Waals surface area contributed by atoms with E-state index in [2.05, 4.69) is 68.6 Å². The molecule has 3 aromatic carbocycles. The monoisotopic (exact) mass is 454 g/mol.